The summed E-state index contributed by atoms with van der Waals surface area (Å²) in [6.45, 7) is 3.87. The molecule has 1 aliphatic rings. The maximum absolute atomic E-state index is 14.4. The Kier molecular flexibility index (Phi) is 5.58. The maximum atomic E-state index is 14.4. The van der Waals surface area contributed by atoms with Crippen LogP contribution in [0.25, 0.3) is 33.2 Å². The van der Waals surface area contributed by atoms with Gasteiger partial charge in [0.1, 0.15) is 0 Å². The van der Waals surface area contributed by atoms with Gasteiger partial charge in [0.25, 0.3) is 5.91 Å². The van der Waals surface area contributed by atoms with Crippen LogP contribution in [0.5, 0.6) is 5.75 Å². The van der Waals surface area contributed by atoms with E-state index in [1.165, 1.54) is 19.2 Å². The number of aromatic amines is 1. The predicted molar refractivity (Wildman–Crippen MR) is 129 cm³/mol. The molecule has 0 radical (unpaired) electrons. The second kappa shape index (κ2) is 8.71. The first-order chi connectivity index (χ1) is 16.5. The lowest BCUT2D eigenvalue weighted by Crippen LogP contribution is -2.44. The number of H-pyrrole nitrogens is 1. The number of anilines is 1. The molecule has 0 spiro atoms. The highest BCUT2D eigenvalue weighted by Crippen LogP contribution is 2.33. The smallest absolute Gasteiger partial charge is 0.299 e. The molecule has 9 nitrogen and oxygen atoms in total. The van der Waals surface area contributed by atoms with Crippen molar-refractivity contribution in [3.8, 4) is 17.0 Å². The molecule has 1 amide bonds. The Balaban J connectivity index is 1.67. The molecule has 1 aliphatic heterocycles. The highest BCUT2D eigenvalue weighted by molar-refractivity contribution is 6.14. The number of carbonyl (C=O) groups is 1. The first kappa shape index (κ1) is 21.8. The number of halogens is 1. The van der Waals surface area contributed by atoms with E-state index in [1.807, 2.05) is 6.07 Å². The number of likely N-dealkylation sites (N-methyl/N-ethyl adjacent to an activating group) is 1. The van der Waals surface area contributed by atoms with Crippen LogP contribution in [0.4, 0.5) is 10.1 Å². The second-order valence-electron chi connectivity index (χ2n) is 8.29. The Morgan fingerprint density at radius 1 is 1.15 bits per heavy atom. The van der Waals surface area contributed by atoms with Crippen molar-refractivity contribution in [1.29, 1.82) is 0 Å². The highest BCUT2D eigenvalue weighted by atomic mass is 19.1. The molecule has 1 saturated heterocycles. The number of nitrogens with zero attached hydrogens (tertiary/aromatic N) is 5. The summed E-state index contributed by atoms with van der Waals surface area (Å²) in [5.74, 6) is 4.13. The number of pyridine rings is 1. The van der Waals surface area contributed by atoms with Gasteiger partial charge >= 0.3 is 0 Å². The molecule has 2 aromatic heterocycles. The molecule has 0 bridgehead atoms. The van der Waals surface area contributed by atoms with E-state index >= 15 is 0 Å². The van der Waals surface area contributed by atoms with Crippen molar-refractivity contribution in [2.75, 3.05) is 45.2 Å². The van der Waals surface area contributed by atoms with Crippen LogP contribution in [0.15, 0.2) is 52.8 Å². The number of ether oxygens (including phenoxy) is 1. The molecule has 174 valence electrons. The summed E-state index contributed by atoms with van der Waals surface area (Å²) in [6, 6.07) is 12.2. The topological polar surface area (TPSA) is 112 Å². The van der Waals surface area contributed by atoms with Crippen LogP contribution in [0.2, 0.25) is 0 Å². The van der Waals surface area contributed by atoms with Gasteiger partial charge in [0.15, 0.2) is 11.6 Å². The van der Waals surface area contributed by atoms with E-state index in [-0.39, 0.29) is 11.3 Å². The monoisotopic (exact) mass is 461 g/mol. The number of nitrogens with one attached hydrogen (secondary N) is 1. The Hall–Kier alpha value is -4.05. The van der Waals surface area contributed by atoms with E-state index in [9.17, 15) is 9.18 Å². The zero-order valence-corrected chi connectivity index (χ0v) is 18.9. The van der Waals surface area contributed by atoms with Crippen molar-refractivity contribution in [3.05, 3.63) is 53.8 Å². The molecule has 0 atom stereocenters. The number of nitrogens with two attached hydrogens (primary N) is 1. The van der Waals surface area contributed by atoms with Crippen LogP contribution < -0.4 is 15.5 Å². The number of rotatable bonds is 4. The molecular formula is C24H24FN7O2. The van der Waals surface area contributed by atoms with Gasteiger partial charge in [-0.1, -0.05) is 10.3 Å². The summed E-state index contributed by atoms with van der Waals surface area (Å²) in [6.07, 6.45) is 0. The molecule has 3 heterocycles. The second-order valence-corrected chi connectivity index (χ2v) is 8.29. The van der Waals surface area contributed by atoms with Crippen LogP contribution in [-0.4, -0.2) is 61.1 Å². The highest BCUT2D eigenvalue weighted by Gasteiger charge is 2.20. The van der Waals surface area contributed by atoms with E-state index in [0.29, 0.717) is 22.3 Å². The van der Waals surface area contributed by atoms with E-state index in [0.717, 1.165) is 42.8 Å². The van der Waals surface area contributed by atoms with Crippen molar-refractivity contribution in [1.82, 2.24) is 14.9 Å². The van der Waals surface area contributed by atoms with Gasteiger partial charge in [-0.2, -0.15) is 0 Å². The Morgan fingerprint density at radius 2 is 1.94 bits per heavy atom. The lowest BCUT2D eigenvalue weighted by molar-refractivity contribution is 0.0995. The van der Waals surface area contributed by atoms with Crippen LogP contribution in [-0.2, 0) is 0 Å². The number of methoxy groups -OCH3 is 1. The molecule has 3 N–H and O–H groups in total. The van der Waals surface area contributed by atoms with Gasteiger partial charge < -0.3 is 25.4 Å². The van der Waals surface area contributed by atoms with E-state index in [2.05, 4.69) is 44.3 Å². The largest absolute Gasteiger partial charge is 0.494 e. The maximum Gasteiger partial charge on any atom is 0.299 e. The zero-order chi connectivity index (χ0) is 23.8. The van der Waals surface area contributed by atoms with Gasteiger partial charge in [-0.15, -0.1) is 0 Å². The third-order valence-corrected chi connectivity index (χ3v) is 6.23. The number of piperazine rings is 1. The van der Waals surface area contributed by atoms with Gasteiger partial charge in [0, 0.05) is 42.8 Å². The number of carbonyl (C=O) groups excluding carboxylic acids is 1. The normalized spacial score (nSPS) is 15.0. The van der Waals surface area contributed by atoms with Crippen LogP contribution >= 0.6 is 0 Å². The third kappa shape index (κ3) is 3.81. The fourth-order valence-corrected chi connectivity index (χ4v) is 4.35. The SMILES string of the molecule is COc1ccc(-c2cc(C(=O)N=NN)c3[nH]c4cc(N5CCN(C)CC5)ccc4c3n2)cc1F. The number of fused-ring (bicyclic) bond motifs is 3. The molecule has 10 heteroatoms. The molecule has 0 saturated carbocycles. The molecule has 0 aliphatic carbocycles. The van der Waals surface area contributed by atoms with Gasteiger partial charge in [-0.25, -0.2) is 9.37 Å². The predicted octanol–water partition coefficient (Wildman–Crippen LogP) is 3.75. The van der Waals surface area contributed by atoms with Crippen molar-refractivity contribution >= 4 is 33.5 Å². The van der Waals surface area contributed by atoms with Crippen LogP contribution in [0.1, 0.15) is 10.4 Å². The van der Waals surface area contributed by atoms with E-state index < -0.39 is 11.7 Å². The average Bonchev–Trinajstić information content (AvgIpc) is 3.21. The Bertz CT molecular complexity index is 1420. The lowest BCUT2D eigenvalue weighted by Gasteiger charge is -2.34. The van der Waals surface area contributed by atoms with Crippen molar-refractivity contribution in [2.45, 2.75) is 0 Å². The summed E-state index contributed by atoms with van der Waals surface area (Å²) < 4.78 is 19.4. The summed E-state index contributed by atoms with van der Waals surface area (Å²) in [5.41, 5.74) is 4.23. The van der Waals surface area contributed by atoms with Gasteiger partial charge in [-0.3, -0.25) is 4.79 Å². The minimum absolute atomic E-state index is 0.126. The van der Waals surface area contributed by atoms with Gasteiger partial charge in [0.05, 0.1) is 34.9 Å². The lowest BCUT2D eigenvalue weighted by atomic mass is 10.1. The van der Waals surface area contributed by atoms with Gasteiger partial charge in [0.2, 0.25) is 0 Å². The first-order valence-electron chi connectivity index (χ1n) is 10.9. The Morgan fingerprint density at radius 3 is 2.65 bits per heavy atom. The average molecular weight is 462 g/mol. The van der Waals surface area contributed by atoms with E-state index in [4.69, 9.17) is 15.6 Å². The van der Waals surface area contributed by atoms with Gasteiger partial charge in [-0.05, 0) is 49.5 Å². The number of hydrogen-bond donors (Lipinski definition) is 2. The molecule has 1 fully saturated rings. The minimum Gasteiger partial charge on any atom is -0.494 e. The summed E-state index contributed by atoms with van der Waals surface area (Å²) >= 11 is 0. The van der Waals surface area contributed by atoms with E-state index in [1.54, 1.807) is 12.1 Å². The van der Waals surface area contributed by atoms with Crippen LogP contribution in [0.3, 0.4) is 0 Å². The summed E-state index contributed by atoms with van der Waals surface area (Å²) in [7, 11) is 3.52. The molecule has 5 rings (SSSR count). The quantitative estimate of drug-likeness (QED) is 0.272. The molecule has 0 unspecified atom stereocenters. The number of benzene rings is 2. The zero-order valence-electron chi connectivity index (χ0n) is 18.9. The van der Waals surface area contributed by atoms with Crippen LogP contribution in [0, 0.1) is 5.82 Å². The Labute approximate surface area is 195 Å². The molecule has 2 aromatic carbocycles. The summed E-state index contributed by atoms with van der Waals surface area (Å²) in [5, 5.41) is 7.50. The number of aromatic nitrogens is 2. The summed E-state index contributed by atoms with van der Waals surface area (Å²) in [4.78, 5) is 25.5. The fraction of sp³-hybridized carbons (Fsp3) is 0.250. The van der Waals surface area contributed by atoms with Crippen molar-refractivity contribution < 1.29 is 13.9 Å². The standard InChI is InChI=1S/C24H24FN7O2/c1-31-7-9-32(10-8-31)15-4-5-16-20(12-15)28-23-17(24(33)29-30-26)13-19(27-22(16)23)14-3-6-21(34-2)18(25)11-14/h3-6,11-13,28H,7-10H2,1-2H3,(H2,26,29,33). The number of hydrogen-bond acceptors (Lipinski definition) is 6. The minimum atomic E-state index is -0.615. The molecular weight excluding hydrogens is 437 g/mol. The fourth-order valence-electron chi connectivity index (χ4n) is 4.35. The van der Waals surface area contributed by atoms with Crippen molar-refractivity contribution in [3.63, 3.8) is 0 Å². The molecule has 4 aromatic rings. The van der Waals surface area contributed by atoms with Crippen molar-refractivity contribution in [2.24, 2.45) is 16.2 Å². The first-order valence-corrected chi connectivity index (χ1v) is 10.9. The number of amides is 1. The molecule has 34 heavy (non-hydrogen) atoms. The third-order valence-electron chi connectivity index (χ3n) is 6.23.